The van der Waals surface area contributed by atoms with Gasteiger partial charge in [-0.1, -0.05) is 24.3 Å². The Kier molecular flexibility index (Phi) is 1.90. The molecule has 0 radical (unpaired) electrons. The number of rotatable bonds is 0. The molecular formula is C13H13NO2. The maximum Gasteiger partial charge on any atom is 0.238 e. The minimum Gasteiger partial charge on any atom is -0.348 e. The van der Waals surface area contributed by atoms with Crippen LogP contribution >= 0.6 is 0 Å². The van der Waals surface area contributed by atoms with E-state index in [1.54, 1.807) is 0 Å². The van der Waals surface area contributed by atoms with Gasteiger partial charge in [0.1, 0.15) is 5.41 Å². The first-order chi connectivity index (χ1) is 7.75. The summed E-state index contributed by atoms with van der Waals surface area (Å²) in [4.78, 5) is 24.0. The van der Waals surface area contributed by atoms with Crippen LogP contribution in [0.2, 0.25) is 0 Å². The molecule has 82 valence electrons. The lowest BCUT2D eigenvalue weighted by Crippen LogP contribution is -2.43. The number of Topliss-reactive ketones (excluding diaryl/α,β-unsaturated/α-hetero) is 1. The van der Waals surface area contributed by atoms with Crippen LogP contribution < -0.4 is 5.32 Å². The van der Waals surface area contributed by atoms with Crippen LogP contribution in [0.3, 0.4) is 0 Å². The molecule has 0 bridgehead atoms. The van der Waals surface area contributed by atoms with Crippen molar-refractivity contribution in [3.8, 4) is 0 Å². The van der Waals surface area contributed by atoms with E-state index in [9.17, 15) is 9.59 Å². The summed E-state index contributed by atoms with van der Waals surface area (Å²) in [6.07, 6.45) is 2.54. The average Bonchev–Trinajstić information content (AvgIpc) is 2.59. The molecule has 1 fully saturated rings. The van der Waals surface area contributed by atoms with Crippen molar-refractivity contribution >= 4 is 11.7 Å². The molecule has 3 heteroatoms. The standard InChI is InChI=1S/C13H13NO2/c15-11-8-14-12(16)13(11)7-3-5-9-4-1-2-6-10(9)13/h1-2,4,6H,3,5,7-8H2,(H,14,16)/t13-/m1/s1. The summed E-state index contributed by atoms with van der Waals surface area (Å²) in [6.45, 7) is 0.188. The van der Waals surface area contributed by atoms with Gasteiger partial charge in [-0.3, -0.25) is 9.59 Å². The third-order valence-corrected chi connectivity index (χ3v) is 3.75. The highest BCUT2D eigenvalue weighted by atomic mass is 16.2. The minimum atomic E-state index is -0.866. The van der Waals surface area contributed by atoms with Crippen LogP contribution in [0.5, 0.6) is 0 Å². The second-order valence-electron chi connectivity index (χ2n) is 4.52. The Labute approximate surface area is 93.8 Å². The van der Waals surface area contributed by atoms with E-state index in [0.717, 1.165) is 24.0 Å². The molecule has 1 aromatic rings. The molecule has 1 amide bonds. The molecule has 2 aliphatic rings. The first-order valence-electron chi connectivity index (χ1n) is 5.65. The zero-order valence-corrected chi connectivity index (χ0v) is 8.95. The minimum absolute atomic E-state index is 0.0321. The van der Waals surface area contributed by atoms with Crippen LogP contribution in [0.25, 0.3) is 0 Å². The summed E-state index contributed by atoms with van der Waals surface area (Å²) in [7, 11) is 0. The summed E-state index contributed by atoms with van der Waals surface area (Å²) in [5, 5.41) is 2.68. The first kappa shape index (κ1) is 9.58. The van der Waals surface area contributed by atoms with Crippen molar-refractivity contribution in [3.63, 3.8) is 0 Å². The Balaban J connectivity index is 2.24. The van der Waals surface area contributed by atoms with Gasteiger partial charge in [0.2, 0.25) is 5.91 Å². The Hall–Kier alpha value is -1.64. The summed E-state index contributed by atoms with van der Waals surface area (Å²) in [5.74, 6) is -0.0747. The van der Waals surface area contributed by atoms with E-state index in [2.05, 4.69) is 5.32 Å². The van der Waals surface area contributed by atoms with Crippen LogP contribution in [-0.4, -0.2) is 18.2 Å². The van der Waals surface area contributed by atoms with Gasteiger partial charge in [0.15, 0.2) is 5.78 Å². The van der Waals surface area contributed by atoms with Crippen LogP contribution in [0.4, 0.5) is 0 Å². The highest BCUT2D eigenvalue weighted by Crippen LogP contribution is 2.40. The fourth-order valence-corrected chi connectivity index (χ4v) is 2.95. The van der Waals surface area contributed by atoms with Crippen molar-refractivity contribution < 1.29 is 9.59 Å². The number of hydrogen-bond acceptors (Lipinski definition) is 2. The monoisotopic (exact) mass is 215 g/mol. The van der Waals surface area contributed by atoms with Gasteiger partial charge >= 0.3 is 0 Å². The maximum atomic E-state index is 12.0. The molecule has 0 aromatic heterocycles. The molecule has 0 unspecified atom stereocenters. The van der Waals surface area contributed by atoms with Gasteiger partial charge in [-0.2, -0.15) is 0 Å². The normalized spacial score (nSPS) is 28.0. The lowest BCUT2D eigenvalue weighted by molar-refractivity contribution is -0.130. The van der Waals surface area contributed by atoms with Crippen molar-refractivity contribution in [1.29, 1.82) is 0 Å². The Bertz CT molecular complexity index is 463. The van der Waals surface area contributed by atoms with Gasteiger partial charge < -0.3 is 5.32 Å². The average molecular weight is 215 g/mol. The third-order valence-electron chi connectivity index (χ3n) is 3.75. The van der Waals surface area contributed by atoms with E-state index in [4.69, 9.17) is 0 Å². The Morgan fingerprint density at radius 2 is 2.00 bits per heavy atom. The third kappa shape index (κ3) is 1.03. The summed E-state index contributed by atoms with van der Waals surface area (Å²) >= 11 is 0. The Morgan fingerprint density at radius 3 is 2.75 bits per heavy atom. The number of fused-ring (bicyclic) bond motifs is 2. The van der Waals surface area contributed by atoms with Crippen molar-refractivity contribution in [1.82, 2.24) is 5.32 Å². The second-order valence-corrected chi connectivity index (χ2v) is 4.52. The van der Waals surface area contributed by atoms with Gasteiger partial charge in [0.25, 0.3) is 0 Å². The van der Waals surface area contributed by atoms with E-state index in [0.29, 0.717) is 6.42 Å². The van der Waals surface area contributed by atoms with E-state index in [1.807, 2.05) is 24.3 Å². The molecule has 1 aromatic carbocycles. The van der Waals surface area contributed by atoms with Gasteiger partial charge in [-0.25, -0.2) is 0 Å². The number of amides is 1. The SMILES string of the molecule is O=C1CNC(=O)[C@@]12CCCc1ccccc12. The molecule has 1 atom stereocenters. The summed E-state index contributed by atoms with van der Waals surface area (Å²) < 4.78 is 0. The van der Waals surface area contributed by atoms with Crippen LogP contribution in [-0.2, 0) is 21.4 Å². The van der Waals surface area contributed by atoms with Crippen LogP contribution in [0.1, 0.15) is 24.0 Å². The molecule has 0 saturated carbocycles. The quantitative estimate of drug-likeness (QED) is 0.655. The number of aryl methyl sites for hydroxylation is 1. The lowest BCUT2D eigenvalue weighted by atomic mass is 9.68. The smallest absolute Gasteiger partial charge is 0.238 e. The number of hydrogen-bond donors (Lipinski definition) is 1. The fraction of sp³-hybridized carbons (Fsp3) is 0.385. The Morgan fingerprint density at radius 1 is 1.19 bits per heavy atom. The van der Waals surface area contributed by atoms with E-state index < -0.39 is 5.41 Å². The molecule has 1 saturated heterocycles. The topological polar surface area (TPSA) is 46.2 Å². The molecule has 1 N–H and O–H groups in total. The zero-order valence-electron chi connectivity index (χ0n) is 8.95. The highest BCUT2D eigenvalue weighted by molar-refractivity contribution is 6.18. The molecule has 1 aliphatic heterocycles. The molecule has 1 heterocycles. The van der Waals surface area contributed by atoms with Crippen molar-refractivity contribution in [2.75, 3.05) is 6.54 Å². The number of ketones is 1. The second kappa shape index (κ2) is 3.17. The number of carbonyl (C=O) groups is 2. The van der Waals surface area contributed by atoms with Gasteiger partial charge in [-0.15, -0.1) is 0 Å². The van der Waals surface area contributed by atoms with Gasteiger partial charge in [-0.05, 0) is 30.4 Å². The summed E-state index contributed by atoms with van der Waals surface area (Å²) in [5.41, 5.74) is 1.22. The van der Waals surface area contributed by atoms with E-state index >= 15 is 0 Å². The molecular weight excluding hydrogens is 202 g/mol. The van der Waals surface area contributed by atoms with Crippen molar-refractivity contribution in [3.05, 3.63) is 35.4 Å². The summed E-state index contributed by atoms with van der Waals surface area (Å²) in [6, 6.07) is 7.83. The lowest BCUT2D eigenvalue weighted by Gasteiger charge is -2.31. The highest BCUT2D eigenvalue weighted by Gasteiger charge is 2.52. The number of nitrogens with one attached hydrogen (secondary N) is 1. The first-order valence-corrected chi connectivity index (χ1v) is 5.65. The number of benzene rings is 1. The molecule has 3 nitrogen and oxygen atoms in total. The van der Waals surface area contributed by atoms with Gasteiger partial charge in [0, 0.05) is 0 Å². The number of carbonyl (C=O) groups excluding carboxylic acids is 2. The predicted molar refractivity (Wildman–Crippen MR) is 59.1 cm³/mol. The maximum absolute atomic E-state index is 12.0. The van der Waals surface area contributed by atoms with Crippen LogP contribution in [0.15, 0.2) is 24.3 Å². The largest absolute Gasteiger partial charge is 0.348 e. The van der Waals surface area contributed by atoms with Gasteiger partial charge in [0.05, 0.1) is 6.54 Å². The van der Waals surface area contributed by atoms with Crippen molar-refractivity contribution in [2.24, 2.45) is 0 Å². The zero-order chi connectivity index (χ0) is 11.2. The molecule has 3 rings (SSSR count). The fourth-order valence-electron chi connectivity index (χ4n) is 2.95. The molecule has 1 aliphatic carbocycles. The van der Waals surface area contributed by atoms with E-state index in [1.165, 1.54) is 0 Å². The molecule has 16 heavy (non-hydrogen) atoms. The van der Waals surface area contributed by atoms with Crippen LogP contribution in [0, 0.1) is 0 Å². The predicted octanol–water partition coefficient (Wildman–Crippen LogP) is 0.960. The van der Waals surface area contributed by atoms with Crippen molar-refractivity contribution in [2.45, 2.75) is 24.7 Å². The molecule has 1 spiro atoms. The van der Waals surface area contributed by atoms with E-state index in [-0.39, 0.29) is 18.2 Å².